The Kier molecular flexibility index (Phi) is 5.16. The van der Waals surface area contributed by atoms with E-state index in [0.29, 0.717) is 32.6 Å². The molecule has 0 saturated carbocycles. The molecule has 2 amide bonds. The lowest BCUT2D eigenvalue weighted by Gasteiger charge is -2.35. The highest BCUT2D eigenvalue weighted by Crippen LogP contribution is 2.08. The molecule has 0 bridgehead atoms. The average molecular weight is 291 g/mol. The third kappa shape index (κ3) is 3.95. The number of amides is 2. The molecule has 1 aromatic carbocycles. The van der Waals surface area contributed by atoms with E-state index in [4.69, 9.17) is 5.73 Å². The van der Waals surface area contributed by atoms with Gasteiger partial charge in [0.15, 0.2) is 0 Å². The van der Waals surface area contributed by atoms with Gasteiger partial charge in [-0.05, 0) is 12.0 Å². The summed E-state index contributed by atoms with van der Waals surface area (Å²) in [7, 11) is 1.36. The zero-order chi connectivity index (χ0) is 15.2. The summed E-state index contributed by atoms with van der Waals surface area (Å²) in [5.74, 6) is -0.0663. The summed E-state index contributed by atoms with van der Waals surface area (Å²) in [5, 5.41) is 0. The minimum absolute atomic E-state index is 0.0663. The number of benzene rings is 1. The maximum Gasteiger partial charge on any atom is 0.409 e. The average Bonchev–Trinajstić information content (AvgIpc) is 2.54. The van der Waals surface area contributed by atoms with Crippen LogP contribution < -0.4 is 5.73 Å². The van der Waals surface area contributed by atoms with Crippen LogP contribution in [0.5, 0.6) is 0 Å². The molecule has 6 heteroatoms. The van der Waals surface area contributed by atoms with Crippen LogP contribution in [0.4, 0.5) is 4.79 Å². The van der Waals surface area contributed by atoms with Crippen LogP contribution in [0, 0.1) is 0 Å². The van der Waals surface area contributed by atoms with Gasteiger partial charge >= 0.3 is 6.09 Å². The van der Waals surface area contributed by atoms with Gasteiger partial charge in [-0.15, -0.1) is 0 Å². The van der Waals surface area contributed by atoms with Crippen molar-refractivity contribution in [3.05, 3.63) is 35.9 Å². The minimum atomic E-state index is -0.544. The Labute approximate surface area is 124 Å². The molecule has 1 saturated heterocycles. The molecular formula is C15H21N3O3. The first-order chi connectivity index (χ1) is 10.1. The van der Waals surface area contributed by atoms with Crippen molar-refractivity contribution in [2.45, 2.75) is 12.5 Å². The van der Waals surface area contributed by atoms with Crippen LogP contribution in [0.3, 0.4) is 0 Å². The Morgan fingerprint density at radius 1 is 1.14 bits per heavy atom. The fourth-order valence-electron chi connectivity index (χ4n) is 2.43. The summed E-state index contributed by atoms with van der Waals surface area (Å²) < 4.78 is 4.67. The van der Waals surface area contributed by atoms with E-state index in [2.05, 4.69) is 4.74 Å². The number of methoxy groups -OCH3 is 1. The van der Waals surface area contributed by atoms with E-state index in [9.17, 15) is 9.59 Å². The molecule has 6 nitrogen and oxygen atoms in total. The first-order valence-corrected chi connectivity index (χ1v) is 7.03. The predicted molar refractivity (Wildman–Crippen MR) is 78.7 cm³/mol. The topological polar surface area (TPSA) is 75.9 Å². The summed E-state index contributed by atoms with van der Waals surface area (Å²) in [6.07, 6.45) is 0.173. The molecule has 1 heterocycles. The molecule has 114 valence electrons. The van der Waals surface area contributed by atoms with Gasteiger partial charge in [0, 0.05) is 26.2 Å². The molecule has 2 N–H and O–H groups in total. The van der Waals surface area contributed by atoms with Crippen molar-refractivity contribution in [3.63, 3.8) is 0 Å². The lowest BCUT2D eigenvalue weighted by Crippen LogP contribution is -2.54. The first-order valence-electron chi connectivity index (χ1n) is 7.03. The normalized spacial score (nSPS) is 16.5. The Morgan fingerprint density at radius 3 is 2.29 bits per heavy atom. The summed E-state index contributed by atoms with van der Waals surface area (Å²) in [6.45, 7) is 1.96. The van der Waals surface area contributed by atoms with E-state index in [0.717, 1.165) is 5.56 Å². The molecule has 0 aromatic heterocycles. The second-order valence-electron chi connectivity index (χ2n) is 5.08. The molecule has 1 aliphatic heterocycles. The second-order valence-corrected chi connectivity index (χ2v) is 5.08. The van der Waals surface area contributed by atoms with Crippen LogP contribution >= 0.6 is 0 Å². The van der Waals surface area contributed by atoms with Gasteiger partial charge in [-0.3, -0.25) is 4.79 Å². The van der Waals surface area contributed by atoms with E-state index in [1.165, 1.54) is 7.11 Å². The van der Waals surface area contributed by atoms with E-state index < -0.39 is 6.04 Å². The van der Waals surface area contributed by atoms with Crippen molar-refractivity contribution < 1.29 is 14.3 Å². The maximum absolute atomic E-state index is 12.3. The fourth-order valence-corrected chi connectivity index (χ4v) is 2.43. The lowest BCUT2D eigenvalue weighted by atomic mass is 10.1. The Morgan fingerprint density at radius 2 is 1.71 bits per heavy atom. The molecule has 0 spiro atoms. The molecule has 2 rings (SSSR count). The van der Waals surface area contributed by atoms with Gasteiger partial charge in [-0.25, -0.2) is 4.79 Å². The summed E-state index contributed by atoms with van der Waals surface area (Å²) in [6, 6.07) is 9.17. The molecule has 1 aliphatic rings. The van der Waals surface area contributed by atoms with Gasteiger partial charge in [0.1, 0.15) is 0 Å². The monoisotopic (exact) mass is 291 g/mol. The molecule has 0 unspecified atom stereocenters. The van der Waals surface area contributed by atoms with Gasteiger partial charge in [0.05, 0.1) is 13.2 Å². The molecule has 0 aliphatic carbocycles. The highest BCUT2D eigenvalue weighted by molar-refractivity contribution is 5.82. The Hall–Kier alpha value is -2.08. The number of hydrogen-bond donors (Lipinski definition) is 1. The summed E-state index contributed by atoms with van der Waals surface area (Å²) in [4.78, 5) is 27.0. The number of nitrogens with two attached hydrogens (primary N) is 1. The standard InChI is InChI=1S/C15H21N3O3/c1-21-15(20)18-9-7-17(8-10-18)14(19)13(16)11-12-5-3-2-4-6-12/h2-6,13H,7-11,16H2,1H3/t13-/m1/s1. The number of rotatable bonds is 3. The number of nitrogens with zero attached hydrogens (tertiary/aromatic N) is 2. The zero-order valence-corrected chi connectivity index (χ0v) is 12.2. The largest absolute Gasteiger partial charge is 0.453 e. The quantitative estimate of drug-likeness (QED) is 0.878. The maximum atomic E-state index is 12.3. The smallest absolute Gasteiger partial charge is 0.409 e. The van der Waals surface area contributed by atoms with Gasteiger partial charge < -0.3 is 20.3 Å². The number of ether oxygens (including phenoxy) is 1. The number of carbonyl (C=O) groups is 2. The Balaban J connectivity index is 1.85. The number of carbonyl (C=O) groups excluding carboxylic acids is 2. The van der Waals surface area contributed by atoms with Crippen LogP contribution in [0.15, 0.2) is 30.3 Å². The molecule has 1 atom stereocenters. The van der Waals surface area contributed by atoms with Crippen LogP contribution in [-0.4, -0.2) is 61.1 Å². The van der Waals surface area contributed by atoms with Crippen LogP contribution in [-0.2, 0) is 16.0 Å². The SMILES string of the molecule is COC(=O)N1CCN(C(=O)[C@H](N)Cc2ccccc2)CC1. The fraction of sp³-hybridized carbons (Fsp3) is 0.467. The van der Waals surface area contributed by atoms with E-state index in [1.54, 1.807) is 9.80 Å². The summed E-state index contributed by atoms with van der Waals surface area (Å²) in [5.41, 5.74) is 7.05. The second kappa shape index (κ2) is 7.08. The molecule has 1 fully saturated rings. The van der Waals surface area contributed by atoms with Gasteiger partial charge in [0.25, 0.3) is 0 Å². The van der Waals surface area contributed by atoms with Crippen molar-refractivity contribution in [2.24, 2.45) is 5.73 Å². The van der Waals surface area contributed by atoms with Crippen LogP contribution in [0.2, 0.25) is 0 Å². The third-order valence-corrected chi connectivity index (χ3v) is 3.64. The van der Waals surface area contributed by atoms with E-state index in [-0.39, 0.29) is 12.0 Å². The van der Waals surface area contributed by atoms with E-state index >= 15 is 0 Å². The lowest BCUT2D eigenvalue weighted by molar-refractivity contribution is -0.134. The van der Waals surface area contributed by atoms with Gasteiger partial charge in [-0.1, -0.05) is 30.3 Å². The van der Waals surface area contributed by atoms with Crippen molar-refractivity contribution >= 4 is 12.0 Å². The third-order valence-electron chi connectivity index (χ3n) is 3.64. The highest BCUT2D eigenvalue weighted by atomic mass is 16.5. The van der Waals surface area contributed by atoms with Crippen LogP contribution in [0.1, 0.15) is 5.56 Å². The zero-order valence-electron chi connectivity index (χ0n) is 12.2. The van der Waals surface area contributed by atoms with Crippen molar-refractivity contribution in [1.82, 2.24) is 9.80 Å². The van der Waals surface area contributed by atoms with Crippen molar-refractivity contribution in [1.29, 1.82) is 0 Å². The van der Waals surface area contributed by atoms with Gasteiger partial charge in [-0.2, -0.15) is 0 Å². The number of piperazine rings is 1. The van der Waals surface area contributed by atoms with Crippen LogP contribution in [0.25, 0.3) is 0 Å². The summed E-state index contributed by atoms with van der Waals surface area (Å²) >= 11 is 0. The van der Waals surface area contributed by atoms with Crippen molar-refractivity contribution in [3.8, 4) is 0 Å². The highest BCUT2D eigenvalue weighted by Gasteiger charge is 2.27. The van der Waals surface area contributed by atoms with Crippen molar-refractivity contribution in [2.75, 3.05) is 33.3 Å². The molecule has 0 radical (unpaired) electrons. The predicted octanol–water partition coefficient (Wildman–Crippen LogP) is 0.467. The van der Waals surface area contributed by atoms with E-state index in [1.807, 2.05) is 30.3 Å². The molecule has 21 heavy (non-hydrogen) atoms. The Bertz CT molecular complexity index is 484. The number of hydrogen-bond acceptors (Lipinski definition) is 4. The molecular weight excluding hydrogens is 270 g/mol. The molecule has 1 aromatic rings. The minimum Gasteiger partial charge on any atom is -0.453 e. The van der Waals surface area contributed by atoms with Gasteiger partial charge in [0.2, 0.25) is 5.91 Å². The first kappa shape index (κ1) is 15.3.